The van der Waals surface area contributed by atoms with Crippen molar-refractivity contribution in [3.63, 3.8) is 0 Å². The van der Waals surface area contributed by atoms with Gasteiger partial charge in [0, 0.05) is 12.6 Å². The Kier molecular flexibility index (Phi) is 6.14. The van der Waals surface area contributed by atoms with Crippen molar-refractivity contribution in [2.75, 3.05) is 13.1 Å². The normalized spacial score (nSPS) is 36.4. The van der Waals surface area contributed by atoms with Crippen LogP contribution in [-0.4, -0.2) is 35.2 Å². The van der Waals surface area contributed by atoms with Crippen LogP contribution in [0.15, 0.2) is 0 Å². The Morgan fingerprint density at radius 1 is 1.05 bits per heavy atom. The molecule has 2 rings (SSSR count). The number of hydrogen-bond donors (Lipinski definition) is 1. The molecular formula is C19H37NO. The van der Waals surface area contributed by atoms with Gasteiger partial charge >= 0.3 is 0 Å². The molecule has 0 bridgehead atoms. The molecule has 1 saturated carbocycles. The summed E-state index contributed by atoms with van der Waals surface area (Å²) in [5, 5.41) is 10.5. The monoisotopic (exact) mass is 295 g/mol. The van der Waals surface area contributed by atoms with Crippen molar-refractivity contribution in [2.45, 2.75) is 91.2 Å². The summed E-state index contributed by atoms with van der Waals surface area (Å²) in [6.45, 7) is 11.8. The van der Waals surface area contributed by atoms with Crippen LogP contribution in [0.5, 0.6) is 0 Å². The third-order valence-electron chi connectivity index (χ3n) is 6.11. The van der Waals surface area contributed by atoms with Crippen LogP contribution < -0.4 is 0 Å². The largest absolute Gasteiger partial charge is 0.393 e. The summed E-state index contributed by atoms with van der Waals surface area (Å²) >= 11 is 0. The minimum Gasteiger partial charge on any atom is -0.393 e. The van der Waals surface area contributed by atoms with Gasteiger partial charge in [0.05, 0.1) is 6.10 Å². The Hall–Kier alpha value is -0.0800. The van der Waals surface area contributed by atoms with Crippen molar-refractivity contribution >= 4 is 0 Å². The summed E-state index contributed by atoms with van der Waals surface area (Å²) < 4.78 is 0. The number of aliphatic hydroxyl groups excluding tert-OH is 1. The first-order chi connectivity index (χ1) is 9.91. The van der Waals surface area contributed by atoms with E-state index >= 15 is 0 Å². The highest BCUT2D eigenvalue weighted by molar-refractivity contribution is 4.88. The Bertz CT molecular complexity index is 309. The van der Waals surface area contributed by atoms with E-state index in [0.717, 1.165) is 24.9 Å². The van der Waals surface area contributed by atoms with Crippen LogP contribution in [0.2, 0.25) is 0 Å². The molecule has 0 aromatic rings. The van der Waals surface area contributed by atoms with Crippen LogP contribution in [0.4, 0.5) is 0 Å². The average Bonchev–Trinajstić information content (AvgIpc) is 2.65. The van der Waals surface area contributed by atoms with Crippen LogP contribution in [0.3, 0.4) is 0 Å². The topological polar surface area (TPSA) is 23.5 Å². The summed E-state index contributed by atoms with van der Waals surface area (Å²) in [5.41, 5.74) is 0.390. The Balaban J connectivity index is 1.98. The molecule has 0 aromatic heterocycles. The number of rotatable bonds is 3. The minimum absolute atomic E-state index is 0.0654. The zero-order chi connectivity index (χ0) is 15.5. The quantitative estimate of drug-likeness (QED) is 0.830. The maximum atomic E-state index is 10.5. The summed E-state index contributed by atoms with van der Waals surface area (Å²) in [4.78, 5) is 2.71. The van der Waals surface area contributed by atoms with Crippen LogP contribution in [0, 0.1) is 17.3 Å². The molecule has 0 amide bonds. The molecule has 1 aliphatic heterocycles. The van der Waals surface area contributed by atoms with Crippen molar-refractivity contribution in [3.05, 3.63) is 0 Å². The van der Waals surface area contributed by atoms with Gasteiger partial charge in [-0.2, -0.15) is 0 Å². The van der Waals surface area contributed by atoms with Gasteiger partial charge in [0.15, 0.2) is 0 Å². The molecule has 1 N–H and O–H groups in total. The van der Waals surface area contributed by atoms with Gasteiger partial charge in [0.2, 0.25) is 0 Å². The molecule has 4 unspecified atom stereocenters. The van der Waals surface area contributed by atoms with E-state index < -0.39 is 0 Å². The van der Waals surface area contributed by atoms with Crippen molar-refractivity contribution in [1.82, 2.24) is 4.90 Å². The van der Waals surface area contributed by atoms with E-state index in [0.29, 0.717) is 11.3 Å². The van der Waals surface area contributed by atoms with Gasteiger partial charge in [0.1, 0.15) is 0 Å². The fourth-order valence-corrected chi connectivity index (χ4v) is 4.47. The van der Waals surface area contributed by atoms with Crippen molar-refractivity contribution in [2.24, 2.45) is 17.3 Å². The molecule has 21 heavy (non-hydrogen) atoms. The molecule has 0 radical (unpaired) electrons. The molecular weight excluding hydrogens is 258 g/mol. The van der Waals surface area contributed by atoms with Crippen molar-refractivity contribution in [1.29, 1.82) is 0 Å². The molecule has 2 fully saturated rings. The zero-order valence-electron chi connectivity index (χ0n) is 14.8. The summed E-state index contributed by atoms with van der Waals surface area (Å²) in [7, 11) is 0. The first-order valence-electron chi connectivity index (χ1n) is 9.34. The molecule has 2 aliphatic rings. The lowest BCUT2D eigenvalue weighted by Crippen LogP contribution is -2.44. The van der Waals surface area contributed by atoms with Gasteiger partial charge < -0.3 is 10.0 Å². The molecule has 1 heterocycles. The third-order valence-corrected chi connectivity index (χ3v) is 6.11. The minimum atomic E-state index is -0.0654. The van der Waals surface area contributed by atoms with E-state index in [1.54, 1.807) is 0 Å². The summed E-state index contributed by atoms with van der Waals surface area (Å²) in [5.74, 6) is 1.27. The fourth-order valence-electron chi connectivity index (χ4n) is 4.47. The van der Waals surface area contributed by atoms with E-state index in [-0.39, 0.29) is 6.10 Å². The standard InChI is InChI=1S/C19H37NO/c1-5-17-9-7-6-8-12-20(17)14-15-13-16(19(2,3)4)10-11-18(15)21/h15-18,21H,5-14H2,1-4H3. The Morgan fingerprint density at radius 3 is 2.48 bits per heavy atom. The average molecular weight is 296 g/mol. The van der Waals surface area contributed by atoms with E-state index in [1.807, 2.05) is 0 Å². The SMILES string of the molecule is CCC1CCCCCN1CC1CC(C(C)(C)C)CCC1O. The zero-order valence-corrected chi connectivity index (χ0v) is 14.8. The van der Waals surface area contributed by atoms with Crippen LogP contribution in [0.25, 0.3) is 0 Å². The van der Waals surface area contributed by atoms with Gasteiger partial charge in [-0.05, 0) is 62.3 Å². The molecule has 0 aromatic carbocycles. The van der Waals surface area contributed by atoms with Gasteiger partial charge in [0.25, 0.3) is 0 Å². The molecule has 2 heteroatoms. The van der Waals surface area contributed by atoms with Crippen molar-refractivity contribution < 1.29 is 5.11 Å². The second-order valence-corrected chi connectivity index (χ2v) is 8.61. The number of aliphatic hydroxyl groups is 1. The second kappa shape index (κ2) is 7.46. The first-order valence-corrected chi connectivity index (χ1v) is 9.34. The molecule has 1 aliphatic carbocycles. The Labute approximate surface area is 132 Å². The third kappa shape index (κ3) is 4.69. The highest BCUT2D eigenvalue weighted by Gasteiger charge is 2.36. The van der Waals surface area contributed by atoms with Crippen LogP contribution in [0.1, 0.15) is 79.1 Å². The fraction of sp³-hybridized carbons (Fsp3) is 1.00. The maximum absolute atomic E-state index is 10.5. The number of nitrogens with zero attached hydrogens (tertiary/aromatic N) is 1. The van der Waals surface area contributed by atoms with E-state index in [4.69, 9.17) is 0 Å². The van der Waals surface area contributed by atoms with E-state index in [2.05, 4.69) is 32.6 Å². The van der Waals surface area contributed by atoms with Gasteiger partial charge in [-0.1, -0.05) is 40.5 Å². The first kappa shape index (κ1) is 17.3. The lowest BCUT2D eigenvalue weighted by molar-refractivity contribution is -0.00316. The smallest absolute Gasteiger partial charge is 0.0580 e. The second-order valence-electron chi connectivity index (χ2n) is 8.61. The number of likely N-dealkylation sites (tertiary alicyclic amines) is 1. The molecule has 2 nitrogen and oxygen atoms in total. The lowest BCUT2D eigenvalue weighted by Gasteiger charge is -2.42. The molecule has 1 saturated heterocycles. The van der Waals surface area contributed by atoms with Crippen molar-refractivity contribution in [3.8, 4) is 0 Å². The van der Waals surface area contributed by atoms with E-state index in [9.17, 15) is 5.11 Å². The molecule has 0 spiro atoms. The van der Waals surface area contributed by atoms with Gasteiger partial charge in [-0.15, -0.1) is 0 Å². The van der Waals surface area contributed by atoms with Crippen LogP contribution in [-0.2, 0) is 0 Å². The predicted octanol–water partition coefficient (Wildman–Crippen LogP) is 4.46. The highest BCUT2D eigenvalue weighted by atomic mass is 16.3. The maximum Gasteiger partial charge on any atom is 0.0580 e. The summed E-state index contributed by atoms with van der Waals surface area (Å²) in [6.07, 6.45) is 10.1. The summed E-state index contributed by atoms with van der Waals surface area (Å²) in [6, 6.07) is 0.759. The molecule has 124 valence electrons. The highest BCUT2D eigenvalue weighted by Crippen LogP contribution is 2.41. The Morgan fingerprint density at radius 2 is 1.81 bits per heavy atom. The number of hydrogen-bond acceptors (Lipinski definition) is 2. The van der Waals surface area contributed by atoms with Gasteiger partial charge in [-0.3, -0.25) is 0 Å². The predicted molar refractivity (Wildman–Crippen MR) is 90.4 cm³/mol. The van der Waals surface area contributed by atoms with Crippen LogP contribution >= 0.6 is 0 Å². The van der Waals surface area contributed by atoms with E-state index in [1.165, 1.54) is 51.5 Å². The van der Waals surface area contributed by atoms with Gasteiger partial charge in [-0.25, -0.2) is 0 Å². The molecule has 4 atom stereocenters. The lowest BCUT2D eigenvalue weighted by atomic mass is 9.68.